The number of hydrogen-bond donors (Lipinski definition) is 2. The second-order valence-corrected chi connectivity index (χ2v) is 8.24. The Morgan fingerprint density at radius 2 is 1.68 bits per heavy atom. The molecule has 2 aromatic carbocycles. The van der Waals surface area contributed by atoms with E-state index in [9.17, 15) is 9.90 Å². The summed E-state index contributed by atoms with van der Waals surface area (Å²) >= 11 is 0. The van der Waals surface area contributed by atoms with Crippen molar-refractivity contribution in [2.24, 2.45) is 11.7 Å². The first-order valence-electron chi connectivity index (χ1n) is 10.7. The maximum atomic E-state index is 13.2. The van der Waals surface area contributed by atoms with Gasteiger partial charge >= 0.3 is 0 Å². The number of rotatable bonds is 7. The lowest BCUT2D eigenvalue weighted by Crippen LogP contribution is -3.00. The van der Waals surface area contributed by atoms with Gasteiger partial charge in [0.2, 0.25) is 5.91 Å². The van der Waals surface area contributed by atoms with Crippen LogP contribution in [-0.2, 0) is 16.8 Å². The van der Waals surface area contributed by atoms with Gasteiger partial charge in [-0.1, -0.05) is 60.7 Å². The third-order valence-corrected chi connectivity index (χ3v) is 6.80. The molecule has 3 N–H and O–H groups in total. The first-order chi connectivity index (χ1) is 14.6. The molecule has 6 heteroatoms. The second kappa shape index (κ2) is 9.79. The highest BCUT2D eigenvalue weighted by Crippen LogP contribution is 2.48. The number of carbonyl (C=O) groups is 1. The maximum absolute atomic E-state index is 13.2. The van der Waals surface area contributed by atoms with Crippen LogP contribution in [0.4, 0.5) is 0 Å². The van der Waals surface area contributed by atoms with Crippen molar-refractivity contribution in [1.29, 1.82) is 0 Å². The van der Waals surface area contributed by atoms with Crippen LogP contribution in [0.3, 0.4) is 0 Å². The zero-order valence-electron chi connectivity index (χ0n) is 17.8. The summed E-state index contributed by atoms with van der Waals surface area (Å²) in [7, 11) is 0. The fourth-order valence-electron chi connectivity index (χ4n) is 5.38. The summed E-state index contributed by atoms with van der Waals surface area (Å²) in [6.07, 6.45) is 6.91. The summed E-state index contributed by atoms with van der Waals surface area (Å²) in [5.74, 6) is 0.946. The Labute approximate surface area is 194 Å². The monoisotopic (exact) mass is 483 g/mol. The highest BCUT2D eigenvalue weighted by atomic mass is 79.9. The van der Waals surface area contributed by atoms with Crippen LogP contribution in [0.2, 0.25) is 0 Å². The molecule has 1 heterocycles. The largest absolute Gasteiger partial charge is 1.00 e. The fraction of sp³-hybridized carbons (Fsp3) is 0.360. The van der Waals surface area contributed by atoms with Crippen molar-refractivity contribution in [1.82, 2.24) is 4.57 Å². The molecule has 5 nitrogen and oxygen atoms in total. The van der Waals surface area contributed by atoms with Crippen LogP contribution < -0.4 is 27.3 Å². The smallest absolute Gasteiger partial charge is 0.253 e. The zero-order chi connectivity index (χ0) is 21.1. The van der Waals surface area contributed by atoms with Crippen molar-refractivity contribution in [3.8, 4) is 0 Å². The predicted molar refractivity (Wildman–Crippen MR) is 116 cm³/mol. The number of aliphatic hydroxyl groups is 1. The highest BCUT2D eigenvalue weighted by molar-refractivity contribution is 5.91. The Kier molecular flexibility index (Phi) is 7.34. The van der Waals surface area contributed by atoms with Gasteiger partial charge in [-0.05, 0) is 36.3 Å². The van der Waals surface area contributed by atoms with Crippen LogP contribution in [-0.4, -0.2) is 22.2 Å². The number of halogens is 1. The van der Waals surface area contributed by atoms with Crippen LogP contribution in [0.25, 0.3) is 0 Å². The van der Waals surface area contributed by atoms with Gasteiger partial charge in [-0.25, -0.2) is 9.13 Å². The Morgan fingerprint density at radius 1 is 1.10 bits per heavy atom. The Balaban J connectivity index is 0.00000272. The van der Waals surface area contributed by atoms with Crippen LogP contribution in [0.5, 0.6) is 0 Å². The minimum Gasteiger partial charge on any atom is -1.00 e. The fourth-order valence-corrected chi connectivity index (χ4v) is 5.38. The van der Waals surface area contributed by atoms with E-state index in [1.54, 1.807) is 0 Å². The molecule has 4 rings (SSSR count). The minimum absolute atomic E-state index is 0. The summed E-state index contributed by atoms with van der Waals surface area (Å²) in [6.45, 7) is 2.79. The van der Waals surface area contributed by atoms with Crippen LogP contribution in [0, 0.1) is 12.8 Å². The molecule has 0 radical (unpaired) electrons. The van der Waals surface area contributed by atoms with E-state index in [2.05, 4.69) is 22.3 Å². The molecule has 3 aromatic rings. The lowest BCUT2D eigenvalue weighted by atomic mass is 9.64. The third-order valence-electron chi connectivity index (χ3n) is 6.80. The molecule has 1 amide bonds. The quantitative estimate of drug-likeness (QED) is 0.460. The Hall–Kier alpha value is -2.44. The van der Waals surface area contributed by atoms with E-state index in [0.717, 1.165) is 36.2 Å². The average molecular weight is 484 g/mol. The van der Waals surface area contributed by atoms with Gasteiger partial charge in [-0.15, -0.1) is 0 Å². The average Bonchev–Trinajstić information content (AvgIpc) is 3.38. The van der Waals surface area contributed by atoms with Crippen LogP contribution >= 0.6 is 0 Å². The zero-order valence-corrected chi connectivity index (χ0v) is 19.4. The maximum Gasteiger partial charge on any atom is 0.253 e. The topological polar surface area (TPSA) is 72.1 Å². The minimum atomic E-state index is -0.848. The lowest BCUT2D eigenvalue weighted by molar-refractivity contribution is -0.727. The van der Waals surface area contributed by atoms with Gasteiger partial charge in [0.15, 0.2) is 0 Å². The third kappa shape index (κ3) is 4.06. The van der Waals surface area contributed by atoms with Gasteiger partial charge < -0.3 is 27.8 Å². The van der Waals surface area contributed by atoms with Gasteiger partial charge in [-0.3, -0.25) is 4.79 Å². The number of primary amides is 1. The SMILES string of the molecule is Cc1n(CCO)cc[n+]1[C@H]1CC[C@@H](C(C(N)=O)(c2ccccc2)c2ccccc2)C1.[Br-]. The molecule has 0 saturated heterocycles. The number of aromatic nitrogens is 2. The lowest BCUT2D eigenvalue weighted by Gasteiger charge is -2.37. The van der Waals surface area contributed by atoms with E-state index in [0.29, 0.717) is 12.6 Å². The predicted octanol–water partition coefficient (Wildman–Crippen LogP) is -0.107. The van der Waals surface area contributed by atoms with E-state index in [4.69, 9.17) is 5.73 Å². The van der Waals surface area contributed by atoms with Crippen molar-refractivity contribution in [2.75, 3.05) is 6.61 Å². The van der Waals surface area contributed by atoms with Crippen molar-refractivity contribution in [2.45, 2.75) is 44.2 Å². The number of benzene rings is 2. The van der Waals surface area contributed by atoms with E-state index in [1.807, 2.05) is 66.9 Å². The molecule has 0 unspecified atom stereocenters. The van der Waals surface area contributed by atoms with Crippen molar-refractivity contribution in [3.05, 3.63) is 90.0 Å². The van der Waals surface area contributed by atoms with Gasteiger partial charge in [0, 0.05) is 6.92 Å². The molecular weight excluding hydrogens is 454 g/mol. The number of nitrogens with two attached hydrogens (primary N) is 1. The Bertz CT molecular complexity index is 965. The number of imidazole rings is 1. The number of aliphatic hydroxyl groups excluding tert-OH is 1. The summed E-state index contributed by atoms with van der Waals surface area (Å²) in [5.41, 5.74) is 7.28. The van der Waals surface area contributed by atoms with E-state index < -0.39 is 5.41 Å². The normalized spacial score (nSPS) is 18.5. The number of hydrogen-bond acceptors (Lipinski definition) is 2. The van der Waals surface area contributed by atoms with E-state index in [-0.39, 0.29) is 35.4 Å². The number of amides is 1. The van der Waals surface area contributed by atoms with Crippen LogP contribution in [0.15, 0.2) is 73.1 Å². The highest BCUT2D eigenvalue weighted by Gasteiger charge is 2.51. The van der Waals surface area contributed by atoms with Crippen molar-refractivity contribution >= 4 is 5.91 Å². The molecule has 31 heavy (non-hydrogen) atoms. The standard InChI is InChI=1S/C25H29N3O2.BrH/c1-19-27(16-17-29)14-15-28(19)23-13-12-22(18-23)25(24(26)30,20-8-4-2-5-9-20)21-10-6-3-7-11-21;/h2-11,14-15,22-23,29H,12-13,16-18H2,1H3,(H-,26,30);1H/t22-,23+;/m1./s1. The first kappa shape index (κ1) is 23.2. The molecule has 0 spiro atoms. The molecule has 0 aliphatic heterocycles. The number of carbonyl (C=O) groups excluding carboxylic acids is 1. The van der Waals surface area contributed by atoms with E-state index >= 15 is 0 Å². The van der Waals surface area contributed by atoms with Gasteiger partial charge in [-0.2, -0.15) is 0 Å². The molecule has 0 bridgehead atoms. The Morgan fingerprint density at radius 3 is 2.19 bits per heavy atom. The van der Waals surface area contributed by atoms with Crippen LogP contribution in [0.1, 0.15) is 42.3 Å². The van der Waals surface area contributed by atoms with E-state index in [1.165, 1.54) is 0 Å². The molecule has 2 atom stereocenters. The number of nitrogens with zero attached hydrogens (tertiary/aromatic N) is 2. The molecule has 1 fully saturated rings. The second-order valence-electron chi connectivity index (χ2n) is 8.24. The van der Waals surface area contributed by atoms with Crippen molar-refractivity contribution in [3.63, 3.8) is 0 Å². The first-order valence-corrected chi connectivity index (χ1v) is 10.7. The molecular formula is C25H30BrN3O2. The summed E-state index contributed by atoms with van der Waals surface area (Å²) in [6, 6.07) is 20.3. The summed E-state index contributed by atoms with van der Waals surface area (Å²) in [5, 5.41) is 9.30. The molecule has 1 aliphatic carbocycles. The van der Waals surface area contributed by atoms with Gasteiger partial charge in [0.1, 0.15) is 30.4 Å². The molecule has 164 valence electrons. The molecule has 1 aromatic heterocycles. The molecule has 1 saturated carbocycles. The van der Waals surface area contributed by atoms with Gasteiger partial charge in [0.05, 0.1) is 6.61 Å². The summed E-state index contributed by atoms with van der Waals surface area (Å²) < 4.78 is 4.36. The van der Waals surface area contributed by atoms with Crippen molar-refractivity contribution < 1.29 is 31.4 Å². The summed E-state index contributed by atoms with van der Waals surface area (Å²) in [4.78, 5) is 13.2. The molecule has 1 aliphatic rings. The van der Waals surface area contributed by atoms with Gasteiger partial charge in [0.25, 0.3) is 5.82 Å².